The van der Waals surface area contributed by atoms with E-state index in [4.69, 9.17) is 0 Å². The van der Waals surface area contributed by atoms with Crippen LogP contribution in [-0.2, 0) is 0 Å². The molecule has 24 heavy (non-hydrogen) atoms. The van der Waals surface area contributed by atoms with E-state index in [-0.39, 0.29) is 5.91 Å². The fraction of sp³-hybridized carbons (Fsp3) is 0.158. The fourth-order valence-electron chi connectivity index (χ4n) is 2.54. The SMILES string of the molecule is Cc1ccc(-c2ccsc2C(=O)N/N=C/c2cc(C)[nH]c2C)cc1. The molecule has 3 aromatic rings. The maximum Gasteiger partial charge on any atom is 0.282 e. The lowest BCUT2D eigenvalue weighted by Crippen LogP contribution is -2.17. The standard InChI is InChI=1S/C19H19N3OS/c1-12-4-6-15(7-5-12)17-8-9-24-18(17)19(23)22-20-11-16-10-13(2)21-14(16)3/h4-11,21H,1-3H3,(H,22,23)/b20-11+. The van der Waals surface area contributed by atoms with Gasteiger partial charge in [-0.15, -0.1) is 11.3 Å². The Morgan fingerprint density at radius 3 is 2.58 bits per heavy atom. The zero-order valence-corrected chi connectivity index (χ0v) is 14.7. The molecule has 122 valence electrons. The molecular formula is C19H19N3OS. The first kappa shape index (κ1) is 16.2. The maximum atomic E-state index is 12.4. The maximum absolute atomic E-state index is 12.4. The molecule has 0 aliphatic carbocycles. The molecule has 1 aromatic carbocycles. The van der Waals surface area contributed by atoms with Gasteiger partial charge in [-0.3, -0.25) is 4.79 Å². The van der Waals surface area contributed by atoms with Gasteiger partial charge in [-0.1, -0.05) is 29.8 Å². The van der Waals surface area contributed by atoms with E-state index < -0.39 is 0 Å². The van der Waals surface area contributed by atoms with E-state index in [9.17, 15) is 4.79 Å². The summed E-state index contributed by atoms with van der Waals surface area (Å²) in [5.41, 5.74) is 8.85. The number of aryl methyl sites for hydroxylation is 3. The molecule has 0 aliphatic heterocycles. The zero-order chi connectivity index (χ0) is 17.1. The number of rotatable bonds is 4. The first-order valence-electron chi connectivity index (χ1n) is 7.69. The van der Waals surface area contributed by atoms with Crippen LogP contribution in [0.25, 0.3) is 11.1 Å². The topological polar surface area (TPSA) is 57.2 Å². The molecule has 0 saturated heterocycles. The lowest BCUT2D eigenvalue weighted by Gasteiger charge is -2.03. The molecule has 3 rings (SSSR count). The van der Waals surface area contributed by atoms with Gasteiger partial charge in [0.2, 0.25) is 0 Å². The van der Waals surface area contributed by atoms with Gasteiger partial charge in [0.15, 0.2) is 0 Å². The van der Waals surface area contributed by atoms with Crippen molar-refractivity contribution in [1.82, 2.24) is 10.4 Å². The number of aromatic nitrogens is 1. The number of carbonyl (C=O) groups excluding carboxylic acids is 1. The van der Waals surface area contributed by atoms with Crippen LogP contribution in [0.15, 0.2) is 46.9 Å². The van der Waals surface area contributed by atoms with Crippen molar-refractivity contribution in [3.05, 3.63) is 69.2 Å². The Morgan fingerprint density at radius 1 is 1.17 bits per heavy atom. The van der Waals surface area contributed by atoms with E-state index >= 15 is 0 Å². The minimum atomic E-state index is -0.193. The number of amides is 1. The number of nitrogens with one attached hydrogen (secondary N) is 2. The van der Waals surface area contributed by atoms with Gasteiger partial charge in [-0.2, -0.15) is 5.10 Å². The molecule has 2 aromatic heterocycles. The van der Waals surface area contributed by atoms with Gasteiger partial charge in [-0.25, -0.2) is 5.43 Å². The second-order valence-electron chi connectivity index (χ2n) is 5.76. The molecule has 0 bridgehead atoms. The lowest BCUT2D eigenvalue weighted by molar-refractivity contribution is 0.0960. The average molecular weight is 337 g/mol. The second-order valence-corrected chi connectivity index (χ2v) is 6.68. The lowest BCUT2D eigenvalue weighted by atomic mass is 10.1. The molecule has 0 aliphatic rings. The third kappa shape index (κ3) is 3.46. The highest BCUT2D eigenvalue weighted by Gasteiger charge is 2.14. The van der Waals surface area contributed by atoms with E-state index in [1.54, 1.807) is 6.21 Å². The fourth-order valence-corrected chi connectivity index (χ4v) is 3.34. The third-order valence-corrected chi connectivity index (χ3v) is 4.71. The third-order valence-electron chi connectivity index (χ3n) is 3.79. The van der Waals surface area contributed by atoms with E-state index in [1.807, 2.05) is 62.5 Å². The number of H-pyrrole nitrogens is 1. The Labute approximate surface area is 145 Å². The number of carbonyl (C=O) groups is 1. The number of benzene rings is 1. The quantitative estimate of drug-likeness (QED) is 0.537. The van der Waals surface area contributed by atoms with Crippen molar-refractivity contribution in [2.45, 2.75) is 20.8 Å². The highest BCUT2D eigenvalue weighted by atomic mass is 32.1. The molecule has 1 amide bonds. The predicted molar refractivity (Wildman–Crippen MR) is 99.8 cm³/mol. The van der Waals surface area contributed by atoms with Crippen LogP contribution < -0.4 is 5.43 Å². The van der Waals surface area contributed by atoms with Gasteiger partial charge in [0.1, 0.15) is 4.88 Å². The predicted octanol–water partition coefficient (Wildman–Crippen LogP) is 4.43. The monoisotopic (exact) mass is 337 g/mol. The molecule has 0 unspecified atom stereocenters. The van der Waals surface area contributed by atoms with E-state index in [1.165, 1.54) is 16.9 Å². The summed E-state index contributed by atoms with van der Waals surface area (Å²) in [6.07, 6.45) is 1.66. The van der Waals surface area contributed by atoms with Gasteiger partial charge in [0.05, 0.1) is 6.21 Å². The number of hydrogen-bond acceptors (Lipinski definition) is 3. The van der Waals surface area contributed by atoms with Crippen LogP contribution in [0.2, 0.25) is 0 Å². The van der Waals surface area contributed by atoms with Crippen LogP contribution in [0.5, 0.6) is 0 Å². The molecule has 4 nitrogen and oxygen atoms in total. The van der Waals surface area contributed by atoms with Gasteiger partial charge in [0, 0.05) is 22.5 Å². The molecule has 2 heterocycles. The zero-order valence-electron chi connectivity index (χ0n) is 13.9. The number of aromatic amines is 1. The van der Waals surface area contributed by atoms with Gasteiger partial charge < -0.3 is 4.98 Å². The van der Waals surface area contributed by atoms with Crippen LogP contribution in [0.3, 0.4) is 0 Å². The first-order valence-corrected chi connectivity index (χ1v) is 8.56. The Morgan fingerprint density at radius 2 is 1.92 bits per heavy atom. The highest BCUT2D eigenvalue weighted by Crippen LogP contribution is 2.28. The molecule has 0 radical (unpaired) electrons. The van der Waals surface area contributed by atoms with Crippen LogP contribution in [0, 0.1) is 20.8 Å². The van der Waals surface area contributed by atoms with Gasteiger partial charge in [0.25, 0.3) is 5.91 Å². The average Bonchev–Trinajstić information content (AvgIpc) is 3.15. The Bertz CT molecular complexity index is 888. The van der Waals surface area contributed by atoms with Crippen molar-refractivity contribution in [1.29, 1.82) is 0 Å². The Hall–Kier alpha value is -2.66. The summed E-state index contributed by atoms with van der Waals surface area (Å²) >= 11 is 1.42. The summed E-state index contributed by atoms with van der Waals surface area (Å²) in [5, 5.41) is 6.01. The summed E-state index contributed by atoms with van der Waals surface area (Å²) in [5.74, 6) is -0.193. The summed E-state index contributed by atoms with van der Waals surface area (Å²) < 4.78 is 0. The Kier molecular flexibility index (Phi) is 4.62. The normalized spacial score (nSPS) is 11.1. The first-order chi connectivity index (χ1) is 11.5. The summed E-state index contributed by atoms with van der Waals surface area (Å²) in [6.45, 7) is 6.01. The van der Waals surface area contributed by atoms with Crippen molar-refractivity contribution in [3.8, 4) is 11.1 Å². The van der Waals surface area contributed by atoms with Gasteiger partial charge >= 0.3 is 0 Å². The van der Waals surface area contributed by atoms with E-state index in [2.05, 4.69) is 15.5 Å². The molecule has 0 atom stereocenters. The molecule has 2 N–H and O–H groups in total. The number of hydrazone groups is 1. The molecule has 0 spiro atoms. The van der Waals surface area contributed by atoms with Crippen LogP contribution in [0.4, 0.5) is 0 Å². The van der Waals surface area contributed by atoms with Crippen molar-refractivity contribution < 1.29 is 4.79 Å². The minimum Gasteiger partial charge on any atom is -0.362 e. The van der Waals surface area contributed by atoms with Crippen molar-refractivity contribution in [3.63, 3.8) is 0 Å². The van der Waals surface area contributed by atoms with Crippen LogP contribution in [-0.4, -0.2) is 17.1 Å². The molecule has 5 heteroatoms. The molecule has 0 fully saturated rings. The summed E-state index contributed by atoms with van der Waals surface area (Å²) in [7, 11) is 0. The highest BCUT2D eigenvalue weighted by molar-refractivity contribution is 7.12. The van der Waals surface area contributed by atoms with Gasteiger partial charge in [-0.05, 0) is 43.8 Å². The Balaban J connectivity index is 1.75. The molecular weight excluding hydrogens is 318 g/mol. The summed E-state index contributed by atoms with van der Waals surface area (Å²) in [4.78, 5) is 16.3. The van der Waals surface area contributed by atoms with Crippen molar-refractivity contribution in [2.24, 2.45) is 5.10 Å². The second kappa shape index (κ2) is 6.84. The number of nitrogens with zero attached hydrogens (tertiary/aromatic N) is 1. The van der Waals surface area contributed by atoms with E-state index in [0.717, 1.165) is 28.1 Å². The smallest absolute Gasteiger partial charge is 0.282 e. The minimum absolute atomic E-state index is 0.193. The molecule has 0 saturated carbocycles. The van der Waals surface area contributed by atoms with Crippen molar-refractivity contribution in [2.75, 3.05) is 0 Å². The van der Waals surface area contributed by atoms with Crippen molar-refractivity contribution >= 4 is 23.5 Å². The number of hydrogen-bond donors (Lipinski definition) is 2. The summed E-state index contributed by atoms with van der Waals surface area (Å²) in [6, 6.07) is 12.1. The van der Waals surface area contributed by atoms with Crippen LogP contribution >= 0.6 is 11.3 Å². The largest absolute Gasteiger partial charge is 0.362 e. The van der Waals surface area contributed by atoms with E-state index in [0.29, 0.717) is 4.88 Å². The number of thiophene rings is 1. The van der Waals surface area contributed by atoms with Crippen LogP contribution in [0.1, 0.15) is 32.2 Å².